The summed E-state index contributed by atoms with van der Waals surface area (Å²) in [7, 11) is 0. The summed E-state index contributed by atoms with van der Waals surface area (Å²) in [5.41, 5.74) is 0. The second-order valence-corrected chi connectivity index (χ2v) is 4.98. The van der Waals surface area contributed by atoms with Gasteiger partial charge in [-0.3, -0.25) is 4.90 Å². The summed E-state index contributed by atoms with van der Waals surface area (Å²) in [6, 6.07) is 5.26. The lowest BCUT2D eigenvalue weighted by atomic mass is 10.2. The molecule has 0 saturated heterocycles. The van der Waals surface area contributed by atoms with Crippen LogP contribution in [0.25, 0.3) is 0 Å². The van der Waals surface area contributed by atoms with Gasteiger partial charge in [0.05, 0.1) is 6.04 Å². The summed E-state index contributed by atoms with van der Waals surface area (Å²) in [4.78, 5) is 2.56. The van der Waals surface area contributed by atoms with Gasteiger partial charge in [-0.1, -0.05) is 6.92 Å². The van der Waals surface area contributed by atoms with Gasteiger partial charge in [0.1, 0.15) is 11.5 Å². The number of hydrogen-bond acceptors (Lipinski definition) is 3. The molecule has 0 spiro atoms. The highest BCUT2D eigenvalue weighted by molar-refractivity contribution is 5.08. The summed E-state index contributed by atoms with van der Waals surface area (Å²) >= 11 is 0. The van der Waals surface area contributed by atoms with Crippen molar-refractivity contribution < 1.29 is 4.42 Å². The van der Waals surface area contributed by atoms with Gasteiger partial charge < -0.3 is 9.73 Å². The van der Waals surface area contributed by atoms with Crippen LogP contribution in [0, 0.1) is 6.92 Å². The van der Waals surface area contributed by atoms with Crippen LogP contribution in [0.3, 0.4) is 0 Å². The van der Waals surface area contributed by atoms with E-state index in [1.807, 2.05) is 13.0 Å². The van der Waals surface area contributed by atoms with Crippen LogP contribution in [0.2, 0.25) is 0 Å². The molecule has 2 rings (SSSR count). The molecule has 0 aromatic carbocycles. The van der Waals surface area contributed by atoms with E-state index in [9.17, 15) is 0 Å². The maximum absolute atomic E-state index is 5.61. The molecule has 1 heterocycles. The largest absolute Gasteiger partial charge is 0.465 e. The minimum atomic E-state index is 0.307. The third-order valence-electron chi connectivity index (χ3n) is 3.51. The van der Waals surface area contributed by atoms with Gasteiger partial charge in [0.2, 0.25) is 0 Å². The van der Waals surface area contributed by atoms with Crippen molar-refractivity contribution in [1.29, 1.82) is 0 Å². The standard InChI is InChI=1S/C14H24N2O/c1-4-16(13-6-7-13)10-9-15-12(3)14-8-5-11(2)17-14/h5,8,12-13,15H,4,6-7,9-10H2,1-3H3. The van der Waals surface area contributed by atoms with Crippen molar-refractivity contribution >= 4 is 0 Å². The molecule has 0 aliphatic heterocycles. The predicted octanol–water partition coefficient (Wildman–Crippen LogP) is 2.72. The van der Waals surface area contributed by atoms with E-state index < -0.39 is 0 Å². The van der Waals surface area contributed by atoms with Gasteiger partial charge in [-0.2, -0.15) is 0 Å². The van der Waals surface area contributed by atoms with Crippen LogP contribution >= 0.6 is 0 Å². The van der Waals surface area contributed by atoms with Crippen molar-refractivity contribution in [3.05, 3.63) is 23.7 Å². The predicted molar refractivity (Wildman–Crippen MR) is 70.1 cm³/mol. The zero-order chi connectivity index (χ0) is 12.3. The number of nitrogens with one attached hydrogen (secondary N) is 1. The van der Waals surface area contributed by atoms with Gasteiger partial charge in [0.15, 0.2) is 0 Å². The van der Waals surface area contributed by atoms with E-state index in [2.05, 4.69) is 30.1 Å². The molecule has 3 heteroatoms. The van der Waals surface area contributed by atoms with Crippen molar-refractivity contribution in [2.75, 3.05) is 19.6 Å². The van der Waals surface area contributed by atoms with Gasteiger partial charge in [0.25, 0.3) is 0 Å². The Hall–Kier alpha value is -0.800. The molecule has 1 aliphatic carbocycles. The van der Waals surface area contributed by atoms with E-state index in [0.717, 1.165) is 30.7 Å². The molecule has 96 valence electrons. The molecule has 1 aromatic rings. The molecule has 1 saturated carbocycles. The third-order valence-corrected chi connectivity index (χ3v) is 3.51. The van der Waals surface area contributed by atoms with Crippen molar-refractivity contribution in [2.45, 2.75) is 45.7 Å². The summed E-state index contributed by atoms with van der Waals surface area (Å²) in [5.74, 6) is 2.03. The highest BCUT2D eigenvalue weighted by atomic mass is 16.3. The van der Waals surface area contributed by atoms with Crippen LogP contribution in [0.4, 0.5) is 0 Å². The van der Waals surface area contributed by atoms with E-state index in [4.69, 9.17) is 4.42 Å². The van der Waals surface area contributed by atoms with Gasteiger partial charge in [-0.15, -0.1) is 0 Å². The van der Waals surface area contributed by atoms with Gasteiger partial charge in [-0.05, 0) is 45.4 Å². The second kappa shape index (κ2) is 5.69. The highest BCUT2D eigenvalue weighted by Crippen LogP contribution is 2.26. The van der Waals surface area contributed by atoms with Crippen LogP contribution in [-0.2, 0) is 0 Å². The van der Waals surface area contributed by atoms with Crippen LogP contribution in [0.5, 0.6) is 0 Å². The van der Waals surface area contributed by atoms with Gasteiger partial charge in [-0.25, -0.2) is 0 Å². The molecule has 1 aromatic heterocycles. The van der Waals surface area contributed by atoms with Crippen LogP contribution in [-0.4, -0.2) is 30.6 Å². The van der Waals surface area contributed by atoms with Gasteiger partial charge >= 0.3 is 0 Å². The van der Waals surface area contributed by atoms with E-state index in [1.54, 1.807) is 0 Å². The normalized spacial score (nSPS) is 17.6. The lowest BCUT2D eigenvalue weighted by molar-refractivity contribution is 0.270. The number of rotatable bonds is 7. The quantitative estimate of drug-likeness (QED) is 0.789. The first kappa shape index (κ1) is 12.7. The molecule has 1 fully saturated rings. The Labute approximate surface area is 104 Å². The molecule has 1 unspecified atom stereocenters. The molecule has 0 bridgehead atoms. The Morgan fingerprint density at radius 3 is 2.76 bits per heavy atom. The molecule has 1 atom stereocenters. The lowest BCUT2D eigenvalue weighted by Crippen LogP contribution is -2.34. The average molecular weight is 236 g/mol. The number of aryl methyl sites for hydroxylation is 1. The SMILES string of the molecule is CCN(CCNC(C)c1ccc(C)o1)C1CC1. The molecule has 17 heavy (non-hydrogen) atoms. The number of furan rings is 1. The first-order valence-electron chi connectivity index (χ1n) is 6.74. The zero-order valence-electron chi connectivity index (χ0n) is 11.2. The van der Waals surface area contributed by atoms with E-state index in [-0.39, 0.29) is 0 Å². The van der Waals surface area contributed by atoms with E-state index in [0.29, 0.717) is 6.04 Å². The van der Waals surface area contributed by atoms with Crippen molar-refractivity contribution in [3.8, 4) is 0 Å². The fourth-order valence-electron chi connectivity index (χ4n) is 2.25. The second-order valence-electron chi connectivity index (χ2n) is 4.98. The fourth-order valence-corrected chi connectivity index (χ4v) is 2.25. The monoisotopic (exact) mass is 236 g/mol. The van der Waals surface area contributed by atoms with Crippen LogP contribution in [0.1, 0.15) is 44.3 Å². The Bertz CT molecular complexity index is 344. The number of hydrogen-bond donors (Lipinski definition) is 1. The summed E-state index contributed by atoms with van der Waals surface area (Å²) in [6.45, 7) is 9.74. The number of likely N-dealkylation sites (N-methyl/N-ethyl adjacent to an activating group) is 1. The van der Waals surface area contributed by atoms with Crippen LogP contribution in [0.15, 0.2) is 16.5 Å². The summed E-state index contributed by atoms with van der Waals surface area (Å²) in [5, 5.41) is 3.52. The Kier molecular flexibility index (Phi) is 4.24. The molecule has 3 nitrogen and oxygen atoms in total. The lowest BCUT2D eigenvalue weighted by Gasteiger charge is -2.21. The third kappa shape index (κ3) is 3.58. The maximum atomic E-state index is 5.61. The topological polar surface area (TPSA) is 28.4 Å². The van der Waals surface area contributed by atoms with Crippen LogP contribution < -0.4 is 5.32 Å². The minimum Gasteiger partial charge on any atom is -0.465 e. The molecule has 0 radical (unpaired) electrons. The zero-order valence-corrected chi connectivity index (χ0v) is 11.2. The summed E-state index contributed by atoms with van der Waals surface area (Å²) < 4.78 is 5.61. The molecule has 1 N–H and O–H groups in total. The van der Waals surface area contributed by atoms with Gasteiger partial charge in [0, 0.05) is 19.1 Å². The van der Waals surface area contributed by atoms with Crippen molar-refractivity contribution in [2.24, 2.45) is 0 Å². The first-order valence-corrected chi connectivity index (χ1v) is 6.74. The minimum absolute atomic E-state index is 0.307. The first-order chi connectivity index (χ1) is 8.20. The fraction of sp³-hybridized carbons (Fsp3) is 0.714. The van der Waals surface area contributed by atoms with Crippen molar-refractivity contribution in [1.82, 2.24) is 10.2 Å². The highest BCUT2D eigenvalue weighted by Gasteiger charge is 2.27. The Balaban J connectivity index is 1.70. The molecular formula is C14H24N2O. The molecule has 0 amide bonds. The maximum Gasteiger partial charge on any atom is 0.120 e. The Morgan fingerprint density at radius 2 is 2.24 bits per heavy atom. The average Bonchev–Trinajstić information content (AvgIpc) is 3.06. The van der Waals surface area contributed by atoms with E-state index in [1.165, 1.54) is 19.4 Å². The van der Waals surface area contributed by atoms with E-state index >= 15 is 0 Å². The summed E-state index contributed by atoms with van der Waals surface area (Å²) in [6.07, 6.45) is 2.78. The number of nitrogens with zero attached hydrogens (tertiary/aromatic N) is 1. The Morgan fingerprint density at radius 1 is 1.47 bits per heavy atom. The molecular weight excluding hydrogens is 212 g/mol. The smallest absolute Gasteiger partial charge is 0.120 e. The van der Waals surface area contributed by atoms with Crippen molar-refractivity contribution in [3.63, 3.8) is 0 Å². The molecule has 1 aliphatic rings.